The average molecular weight is 433 g/mol. The quantitative estimate of drug-likeness (QED) is 0.307. The molecule has 2 aromatic carbocycles. The van der Waals surface area contributed by atoms with Crippen molar-refractivity contribution in [3.63, 3.8) is 0 Å². The van der Waals surface area contributed by atoms with E-state index in [-0.39, 0.29) is 12.2 Å². The predicted molar refractivity (Wildman–Crippen MR) is 116 cm³/mol. The van der Waals surface area contributed by atoms with Gasteiger partial charge in [0.2, 0.25) is 0 Å². The van der Waals surface area contributed by atoms with Gasteiger partial charge in [-0.25, -0.2) is 13.7 Å². The highest BCUT2D eigenvalue weighted by atomic mass is 32.1. The summed E-state index contributed by atoms with van der Waals surface area (Å²) in [6.45, 7) is 1.66. The SMILES string of the molecule is Cc1ccc(CCC(F)CC(CO)OO)cc1Cc1ccc(-c2ccc(F)cc2)s1. The molecule has 30 heavy (non-hydrogen) atoms. The Morgan fingerprint density at radius 1 is 1.07 bits per heavy atom. The molecule has 0 radical (unpaired) electrons. The van der Waals surface area contributed by atoms with Crippen LogP contribution in [0.15, 0.2) is 54.6 Å². The molecule has 3 aromatic rings. The fraction of sp³-hybridized carbons (Fsp3) is 0.333. The van der Waals surface area contributed by atoms with Crippen molar-refractivity contribution in [3.8, 4) is 10.4 Å². The van der Waals surface area contributed by atoms with Crippen molar-refractivity contribution < 1.29 is 24.0 Å². The molecule has 0 saturated heterocycles. The second-order valence-electron chi connectivity index (χ2n) is 7.49. The molecule has 3 rings (SSSR count). The Kier molecular flexibility index (Phi) is 8.10. The Bertz CT molecular complexity index is 936. The van der Waals surface area contributed by atoms with Crippen molar-refractivity contribution in [3.05, 3.63) is 82.0 Å². The van der Waals surface area contributed by atoms with Gasteiger partial charge in [0.25, 0.3) is 0 Å². The van der Waals surface area contributed by atoms with Crippen LogP contribution in [-0.4, -0.2) is 29.2 Å². The Hall–Kier alpha value is -2.12. The summed E-state index contributed by atoms with van der Waals surface area (Å²) in [5.41, 5.74) is 4.43. The fourth-order valence-electron chi connectivity index (χ4n) is 3.38. The second-order valence-corrected chi connectivity index (χ2v) is 8.66. The van der Waals surface area contributed by atoms with E-state index >= 15 is 0 Å². The zero-order valence-corrected chi connectivity index (χ0v) is 17.7. The monoisotopic (exact) mass is 432 g/mol. The van der Waals surface area contributed by atoms with Crippen molar-refractivity contribution in [1.29, 1.82) is 0 Å². The van der Waals surface area contributed by atoms with Crippen LogP contribution in [0, 0.1) is 12.7 Å². The van der Waals surface area contributed by atoms with E-state index in [1.807, 2.05) is 6.07 Å². The molecule has 0 amide bonds. The first kappa shape index (κ1) is 22.6. The lowest BCUT2D eigenvalue weighted by molar-refractivity contribution is -0.288. The van der Waals surface area contributed by atoms with Crippen molar-refractivity contribution in [2.75, 3.05) is 6.61 Å². The number of thiophene rings is 1. The Morgan fingerprint density at radius 3 is 2.53 bits per heavy atom. The minimum absolute atomic E-state index is 0.0346. The summed E-state index contributed by atoms with van der Waals surface area (Å²) in [4.78, 5) is 6.37. The first-order chi connectivity index (χ1) is 14.5. The highest BCUT2D eigenvalue weighted by Crippen LogP contribution is 2.30. The fourth-order valence-corrected chi connectivity index (χ4v) is 4.41. The molecule has 0 aliphatic carbocycles. The number of aryl methyl sites for hydroxylation is 2. The van der Waals surface area contributed by atoms with Gasteiger partial charge in [0.15, 0.2) is 0 Å². The van der Waals surface area contributed by atoms with Gasteiger partial charge in [0, 0.05) is 22.6 Å². The number of aliphatic hydroxyl groups excluding tert-OH is 1. The van der Waals surface area contributed by atoms with Crippen LogP contribution in [0.5, 0.6) is 0 Å². The molecule has 0 bridgehead atoms. The lowest BCUT2D eigenvalue weighted by Crippen LogP contribution is -2.21. The van der Waals surface area contributed by atoms with Crippen LogP contribution in [0.2, 0.25) is 0 Å². The van der Waals surface area contributed by atoms with Gasteiger partial charge in [-0.05, 0) is 66.3 Å². The molecular weight excluding hydrogens is 406 g/mol. The molecule has 0 saturated carbocycles. The van der Waals surface area contributed by atoms with E-state index in [9.17, 15) is 8.78 Å². The van der Waals surface area contributed by atoms with Crippen molar-refractivity contribution >= 4 is 11.3 Å². The Labute approximate surface area is 179 Å². The molecule has 2 N–H and O–H groups in total. The number of hydrogen-bond donors (Lipinski definition) is 2. The van der Waals surface area contributed by atoms with Crippen LogP contribution < -0.4 is 0 Å². The van der Waals surface area contributed by atoms with Gasteiger partial charge in [-0.1, -0.05) is 30.3 Å². The normalized spacial score (nSPS) is 13.4. The van der Waals surface area contributed by atoms with Crippen LogP contribution in [0.3, 0.4) is 0 Å². The molecule has 1 aromatic heterocycles. The van der Waals surface area contributed by atoms with Crippen molar-refractivity contribution in [2.24, 2.45) is 0 Å². The topological polar surface area (TPSA) is 49.7 Å². The first-order valence-corrected chi connectivity index (χ1v) is 10.8. The molecular formula is C24H26F2O3S. The van der Waals surface area contributed by atoms with Crippen LogP contribution in [0.1, 0.15) is 34.4 Å². The number of aliphatic hydroxyl groups is 1. The van der Waals surface area contributed by atoms with E-state index in [1.54, 1.807) is 23.5 Å². The Morgan fingerprint density at radius 2 is 1.83 bits per heavy atom. The number of hydrogen-bond acceptors (Lipinski definition) is 4. The lowest BCUT2D eigenvalue weighted by atomic mass is 9.98. The molecule has 0 aliphatic heterocycles. The molecule has 0 fully saturated rings. The summed E-state index contributed by atoms with van der Waals surface area (Å²) in [6.07, 6.45) is -0.417. The first-order valence-electron chi connectivity index (χ1n) is 9.96. The van der Waals surface area contributed by atoms with Gasteiger partial charge in [-0.2, -0.15) is 0 Å². The number of rotatable bonds is 10. The second kappa shape index (κ2) is 10.8. The van der Waals surface area contributed by atoms with Crippen LogP contribution in [0.25, 0.3) is 10.4 Å². The Balaban J connectivity index is 1.64. The van der Waals surface area contributed by atoms with Crippen LogP contribution in [-0.2, 0) is 17.7 Å². The zero-order chi connectivity index (χ0) is 21.5. The molecule has 3 nitrogen and oxygen atoms in total. The summed E-state index contributed by atoms with van der Waals surface area (Å²) in [7, 11) is 0. The molecule has 160 valence electrons. The molecule has 2 atom stereocenters. The van der Waals surface area contributed by atoms with Crippen LogP contribution in [0.4, 0.5) is 8.78 Å². The van der Waals surface area contributed by atoms with Gasteiger partial charge < -0.3 is 5.11 Å². The third-order valence-corrected chi connectivity index (χ3v) is 6.32. The average Bonchev–Trinajstić information content (AvgIpc) is 3.21. The maximum absolute atomic E-state index is 14.1. The third kappa shape index (κ3) is 6.19. The van der Waals surface area contributed by atoms with Crippen molar-refractivity contribution in [2.45, 2.75) is 44.9 Å². The minimum atomic E-state index is -1.16. The standard InChI is InChI=1S/C24H26F2O3S/c1-16-2-3-17(4-7-21(26)14-22(15-27)29-28)12-19(16)13-23-10-11-24(30-23)18-5-8-20(25)9-6-18/h2-3,5-6,8-12,21-22,27-28H,4,7,13-15H2,1H3. The van der Waals surface area contributed by atoms with E-state index < -0.39 is 18.9 Å². The largest absolute Gasteiger partial charge is 0.394 e. The minimum Gasteiger partial charge on any atom is -0.394 e. The zero-order valence-electron chi connectivity index (χ0n) is 16.9. The van der Waals surface area contributed by atoms with Gasteiger partial charge >= 0.3 is 0 Å². The third-order valence-electron chi connectivity index (χ3n) is 5.19. The molecule has 2 unspecified atom stereocenters. The molecule has 6 heteroatoms. The van der Waals surface area contributed by atoms with Crippen LogP contribution >= 0.6 is 11.3 Å². The smallest absolute Gasteiger partial charge is 0.123 e. The maximum Gasteiger partial charge on any atom is 0.123 e. The molecule has 1 heterocycles. The van der Waals surface area contributed by atoms with Crippen molar-refractivity contribution in [1.82, 2.24) is 0 Å². The van der Waals surface area contributed by atoms with E-state index in [1.165, 1.54) is 28.1 Å². The summed E-state index contributed by atoms with van der Waals surface area (Å²) in [5, 5.41) is 17.6. The summed E-state index contributed by atoms with van der Waals surface area (Å²) < 4.78 is 27.2. The summed E-state index contributed by atoms with van der Waals surface area (Å²) >= 11 is 1.69. The highest BCUT2D eigenvalue weighted by molar-refractivity contribution is 7.15. The summed E-state index contributed by atoms with van der Waals surface area (Å²) in [6, 6.07) is 16.8. The van der Waals surface area contributed by atoms with Gasteiger partial charge in [0.1, 0.15) is 18.1 Å². The number of halogens is 2. The number of benzene rings is 2. The highest BCUT2D eigenvalue weighted by Gasteiger charge is 2.16. The predicted octanol–water partition coefficient (Wildman–Crippen LogP) is 5.96. The maximum atomic E-state index is 14.1. The van der Waals surface area contributed by atoms with Gasteiger partial charge in [-0.3, -0.25) is 5.26 Å². The van der Waals surface area contributed by atoms with E-state index in [2.05, 4.69) is 36.1 Å². The summed E-state index contributed by atoms with van der Waals surface area (Å²) in [5.74, 6) is -0.241. The van der Waals surface area contributed by atoms with E-state index in [4.69, 9.17) is 10.4 Å². The lowest BCUT2D eigenvalue weighted by Gasteiger charge is -2.14. The molecule has 0 aliphatic rings. The number of alkyl halides is 1. The van der Waals surface area contributed by atoms with E-state index in [0.717, 1.165) is 22.4 Å². The van der Waals surface area contributed by atoms with Gasteiger partial charge in [-0.15, -0.1) is 11.3 Å². The molecule has 0 spiro atoms. The van der Waals surface area contributed by atoms with Gasteiger partial charge in [0.05, 0.1) is 6.61 Å². The van der Waals surface area contributed by atoms with E-state index in [0.29, 0.717) is 12.8 Å².